The number of esters is 1. The predicted molar refractivity (Wildman–Crippen MR) is 103 cm³/mol. The van der Waals surface area contributed by atoms with Gasteiger partial charge in [-0.05, 0) is 36.2 Å². The van der Waals surface area contributed by atoms with E-state index in [2.05, 4.69) is 4.98 Å². The zero-order valence-corrected chi connectivity index (χ0v) is 15.9. The summed E-state index contributed by atoms with van der Waals surface area (Å²) in [5, 5.41) is 3.46. The van der Waals surface area contributed by atoms with Crippen LogP contribution in [0.3, 0.4) is 0 Å². The Hall–Kier alpha value is -2.57. The first-order valence-corrected chi connectivity index (χ1v) is 9.67. The second-order valence-corrected chi connectivity index (χ2v) is 7.29. The Kier molecular flexibility index (Phi) is 5.27. The third kappa shape index (κ3) is 4.40. The number of halogens is 1. The Morgan fingerprint density at radius 1 is 1.15 bits per heavy atom. The summed E-state index contributed by atoms with van der Waals surface area (Å²) in [5.74, 6) is 1.20. The third-order valence-corrected chi connectivity index (χ3v) is 5.27. The molecule has 1 aliphatic heterocycles. The monoisotopic (exact) mass is 401 g/mol. The molecule has 0 fully saturated rings. The number of aryl methyl sites for hydroxylation is 1. The summed E-state index contributed by atoms with van der Waals surface area (Å²) in [6, 6.07) is 13.2. The van der Waals surface area contributed by atoms with Crippen LogP contribution < -0.4 is 9.47 Å². The van der Waals surface area contributed by atoms with E-state index in [-0.39, 0.29) is 19.4 Å². The largest absolute Gasteiger partial charge is 0.459 e. The number of hydrogen-bond acceptors (Lipinski definition) is 6. The second kappa shape index (κ2) is 7.98. The number of aromatic nitrogens is 1. The van der Waals surface area contributed by atoms with E-state index in [4.69, 9.17) is 25.8 Å². The number of rotatable bonds is 6. The van der Waals surface area contributed by atoms with E-state index >= 15 is 0 Å². The number of fused-ring (bicyclic) bond motifs is 1. The van der Waals surface area contributed by atoms with Gasteiger partial charge in [-0.15, -0.1) is 11.3 Å². The molecular weight excluding hydrogens is 386 g/mol. The molecule has 0 amide bonds. The topological polar surface area (TPSA) is 57.7 Å². The number of carbonyl (C=O) groups is 1. The first-order chi connectivity index (χ1) is 13.2. The Morgan fingerprint density at radius 3 is 2.81 bits per heavy atom. The van der Waals surface area contributed by atoms with Crippen molar-refractivity contribution in [2.24, 2.45) is 0 Å². The van der Waals surface area contributed by atoms with E-state index < -0.39 is 0 Å². The molecule has 2 aromatic carbocycles. The third-order valence-electron chi connectivity index (χ3n) is 4.08. The van der Waals surface area contributed by atoms with Crippen molar-refractivity contribution in [3.63, 3.8) is 0 Å². The van der Waals surface area contributed by atoms with Gasteiger partial charge in [-0.2, -0.15) is 0 Å². The van der Waals surface area contributed by atoms with Crippen molar-refractivity contribution >= 4 is 28.9 Å². The van der Waals surface area contributed by atoms with Crippen LogP contribution in [0.4, 0.5) is 0 Å². The summed E-state index contributed by atoms with van der Waals surface area (Å²) in [7, 11) is 0. The van der Waals surface area contributed by atoms with E-state index in [9.17, 15) is 4.79 Å². The molecule has 4 rings (SSSR count). The van der Waals surface area contributed by atoms with Gasteiger partial charge in [0.1, 0.15) is 11.6 Å². The average molecular weight is 402 g/mol. The molecule has 0 spiro atoms. The molecule has 0 aliphatic carbocycles. The van der Waals surface area contributed by atoms with Gasteiger partial charge in [-0.3, -0.25) is 4.79 Å². The Morgan fingerprint density at radius 2 is 1.96 bits per heavy atom. The van der Waals surface area contributed by atoms with Crippen LogP contribution >= 0.6 is 22.9 Å². The van der Waals surface area contributed by atoms with E-state index in [0.717, 1.165) is 33.3 Å². The molecular formula is C20H16ClNO4S. The lowest BCUT2D eigenvalue weighted by atomic mass is 10.1. The smallest absolute Gasteiger partial charge is 0.306 e. The minimum Gasteiger partial charge on any atom is -0.459 e. The molecule has 1 aliphatic rings. The van der Waals surface area contributed by atoms with Crippen molar-refractivity contribution in [1.82, 2.24) is 4.98 Å². The molecule has 27 heavy (non-hydrogen) atoms. The SMILES string of the molecule is O=C(CCc1ccc2c(c1)OCO2)OCc1csc(-c2ccc(Cl)cc2)n1. The van der Waals surface area contributed by atoms with Crippen molar-refractivity contribution < 1.29 is 19.0 Å². The van der Waals surface area contributed by atoms with Gasteiger partial charge >= 0.3 is 5.97 Å². The summed E-state index contributed by atoms with van der Waals surface area (Å²) in [6.45, 7) is 0.413. The maximum atomic E-state index is 12.0. The van der Waals surface area contributed by atoms with Crippen molar-refractivity contribution in [1.29, 1.82) is 0 Å². The minimum absolute atomic E-state index is 0.171. The van der Waals surface area contributed by atoms with E-state index in [0.29, 0.717) is 17.9 Å². The van der Waals surface area contributed by atoms with Gasteiger partial charge in [-0.1, -0.05) is 29.8 Å². The maximum Gasteiger partial charge on any atom is 0.306 e. The molecule has 0 saturated carbocycles. The van der Waals surface area contributed by atoms with Gasteiger partial charge in [0.25, 0.3) is 0 Å². The zero-order valence-electron chi connectivity index (χ0n) is 14.3. The van der Waals surface area contributed by atoms with Crippen molar-refractivity contribution in [3.05, 3.63) is 64.1 Å². The van der Waals surface area contributed by atoms with Crippen molar-refractivity contribution in [2.45, 2.75) is 19.4 Å². The quantitative estimate of drug-likeness (QED) is 0.551. The fourth-order valence-corrected chi connectivity index (χ4v) is 3.60. The highest BCUT2D eigenvalue weighted by molar-refractivity contribution is 7.13. The van der Waals surface area contributed by atoms with Crippen LogP contribution in [0.15, 0.2) is 47.8 Å². The number of nitrogens with zero attached hydrogens (tertiary/aromatic N) is 1. The summed E-state index contributed by atoms with van der Waals surface area (Å²) in [5.41, 5.74) is 2.74. The van der Waals surface area contributed by atoms with Crippen LogP contribution in [0, 0.1) is 0 Å². The zero-order chi connectivity index (χ0) is 18.6. The van der Waals surface area contributed by atoms with Crippen LogP contribution in [-0.4, -0.2) is 17.7 Å². The number of benzene rings is 2. The normalized spacial score (nSPS) is 12.2. The minimum atomic E-state index is -0.256. The fourth-order valence-electron chi connectivity index (χ4n) is 2.67. The van der Waals surface area contributed by atoms with E-state index in [1.165, 1.54) is 11.3 Å². The van der Waals surface area contributed by atoms with Crippen molar-refractivity contribution in [2.75, 3.05) is 6.79 Å². The lowest BCUT2D eigenvalue weighted by molar-refractivity contribution is -0.145. The van der Waals surface area contributed by atoms with Gasteiger partial charge in [-0.25, -0.2) is 4.98 Å². The summed E-state index contributed by atoms with van der Waals surface area (Å²) < 4.78 is 16.0. The molecule has 3 aromatic rings. The second-order valence-electron chi connectivity index (χ2n) is 6.00. The summed E-state index contributed by atoms with van der Waals surface area (Å²) in [4.78, 5) is 16.5. The van der Waals surface area contributed by atoms with Gasteiger partial charge in [0.2, 0.25) is 6.79 Å². The van der Waals surface area contributed by atoms with Gasteiger partial charge in [0.15, 0.2) is 11.5 Å². The molecule has 0 atom stereocenters. The predicted octanol–water partition coefficient (Wildman–Crippen LogP) is 4.87. The van der Waals surface area contributed by atoms with Crippen LogP contribution in [0.1, 0.15) is 17.7 Å². The molecule has 0 radical (unpaired) electrons. The highest BCUT2D eigenvalue weighted by atomic mass is 35.5. The fraction of sp³-hybridized carbons (Fsp3) is 0.200. The Balaban J connectivity index is 1.27. The highest BCUT2D eigenvalue weighted by Crippen LogP contribution is 2.32. The highest BCUT2D eigenvalue weighted by Gasteiger charge is 2.14. The van der Waals surface area contributed by atoms with Crippen LogP contribution in [0.2, 0.25) is 5.02 Å². The summed E-state index contributed by atoms with van der Waals surface area (Å²) in [6.07, 6.45) is 0.885. The van der Waals surface area contributed by atoms with Crippen LogP contribution in [0.5, 0.6) is 11.5 Å². The molecule has 7 heteroatoms. The lowest BCUT2D eigenvalue weighted by Gasteiger charge is -2.04. The molecule has 5 nitrogen and oxygen atoms in total. The van der Waals surface area contributed by atoms with Crippen LogP contribution in [-0.2, 0) is 22.6 Å². The Labute approximate surface area is 165 Å². The number of carbonyl (C=O) groups excluding carboxylic acids is 1. The molecule has 0 saturated heterocycles. The molecule has 1 aromatic heterocycles. The lowest BCUT2D eigenvalue weighted by Crippen LogP contribution is -2.06. The molecule has 0 bridgehead atoms. The molecule has 138 valence electrons. The number of hydrogen-bond donors (Lipinski definition) is 0. The van der Waals surface area contributed by atoms with E-state index in [1.54, 1.807) is 0 Å². The molecule has 2 heterocycles. The van der Waals surface area contributed by atoms with Gasteiger partial charge in [0.05, 0.1) is 5.69 Å². The first kappa shape index (κ1) is 17.8. The maximum absolute atomic E-state index is 12.0. The number of thiazole rings is 1. The molecule has 0 N–H and O–H groups in total. The Bertz CT molecular complexity index is 955. The van der Waals surface area contributed by atoms with Gasteiger partial charge < -0.3 is 14.2 Å². The van der Waals surface area contributed by atoms with Crippen LogP contribution in [0.25, 0.3) is 10.6 Å². The standard InChI is InChI=1S/C20H16ClNO4S/c21-15-5-3-14(4-6-15)20-22-16(11-27-20)10-24-19(23)8-2-13-1-7-17-18(9-13)26-12-25-17/h1,3-7,9,11H,2,8,10,12H2. The molecule has 0 unspecified atom stereocenters. The van der Waals surface area contributed by atoms with Gasteiger partial charge in [0, 0.05) is 22.4 Å². The van der Waals surface area contributed by atoms with E-state index in [1.807, 2.05) is 47.8 Å². The average Bonchev–Trinajstić information content (AvgIpc) is 3.34. The number of ether oxygens (including phenoxy) is 3. The first-order valence-electron chi connectivity index (χ1n) is 8.42. The summed E-state index contributed by atoms with van der Waals surface area (Å²) >= 11 is 7.41. The van der Waals surface area contributed by atoms with Crippen molar-refractivity contribution in [3.8, 4) is 22.1 Å².